The van der Waals surface area contributed by atoms with Gasteiger partial charge in [-0.1, -0.05) is 20.3 Å². The second kappa shape index (κ2) is 4.96. The number of fused-ring (bicyclic) bond motifs is 1. The van der Waals surface area contributed by atoms with Crippen molar-refractivity contribution < 1.29 is 0 Å². The van der Waals surface area contributed by atoms with E-state index in [1.807, 2.05) is 6.20 Å². The highest BCUT2D eigenvalue weighted by Crippen LogP contribution is 2.10. The Bertz CT molecular complexity index is 195. The third-order valence-corrected chi connectivity index (χ3v) is 1.85. The highest BCUT2D eigenvalue weighted by Gasteiger charge is 2.06. The molecule has 2 nitrogen and oxygen atoms in total. The van der Waals surface area contributed by atoms with Crippen molar-refractivity contribution in [1.82, 2.24) is 9.55 Å². The number of rotatable bonds is 0. The largest absolute Gasteiger partial charge is 0.335 e. The zero-order chi connectivity index (χ0) is 8.81. The van der Waals surface area contributed by atoms with E-state index in [0.717, 1.165) is 0 Å². The van der Waals surface area contributed by atoms with E-state index >= 15 is 0 Å². The van der Waals surface area contributed by atoms with Gasteiger partial charge in [-0.2, -0.15) is 0 Å². The summed E-state index contributed by atoms with van der Waals surface area (Å²) >= 11 is 0. The Morgan fingerprint density at radius 3 is 2.83 bits per heavy atom. The number of hydrogen-bond donors (Lipinski definition) is 0. The number of aromatic nitrogens is 2. The minimum Gasteiger partial charge on any atom is -0.335 e. The lowest BCUT2D eigenvalue weighted by molar-refractivity contribution is 0.522. The molecule has 0 fully saturated rings. The van der Waals surface area contributed by atoms with Crippen LogP contribution < -0.4 is 0 Å². The number of imidazole rings is 1. The monoisotopic (exact) mass is 166 g/mol. The Labute approximate surface area is 74.6 Å². The Balaban J connectivity index is 0.000000213. The van der Waals surface area contributed by atoms with Crippen LogP contribution in [0.3, 0.4) is 0 Å². The van der Waals surface area contributed by atoms with Gasteiger partial charge in [0.1, 0.15) is 5.82 Å². The van der Waals surface area contributed by atoms with Crippen LogP contribution in [0.4, 0.5) is 0 Å². The molecular formula is C10H18N2. The van der Waals surface area contributed by atoms with Crippen molar-refractivity contribution >= 4 is 0 Å². The molecule has 0 atom stereocenters. The van der Waals surface area contributed by atoms with Crippen LogP contribution in [0.15, 0.2) is 12.4 Å². The zero-order valence-corrected chi connectivity index (χ0v) is 8.08. The summed E-state index contributed by atoms with van der Waals surface area (Å²) in [6, 6.07) is 0. The number of aryl methyl sites for hydroxylation is 2. The normalized spacial score (nSPS) is 14.5. The fourth-order valence-electron chi connectivity index (χ4n) is 1.34. The van der Waals surface area contributed by atoms with Crippen LogP contribution in [0.5, 0.6) is 0 Å². The second-order valence-electron chi connectivity index (χ2n) is 3.20. The molecular weight excluding hydrogens is 148 g/mol. The molecule has 2 rings (SSSR count). The topological polar surface area (TPSA) is 17.8 Å². The maximum atomic E-state index is 4.22. The van der Waals surface area contributed by atoms with Crippen LogP contribution >= 0.6 is 0 Å². The Kier molecular flexibility index (Phi) is 3.85. The van der Waals surface area contributed by atoms with Gasteiger partial charge in [-0.05, 0) is 12.8 Å². The Morgan fingerprint density at radius 2 is 2.17 bits per heavy atom. The van der Waals surface area contributed by atoms with Gasteiger partial charge in [-0.3, -0.25) is 0 Å². The third-order valence-electron chi connectivity index (χ3n) is 1.85. The molecule has 1 aromatic heterocycles. The lowest BCUT2D eigenvalue weighted by Crippen LogP contribution is -2.08. The van der Waals surface area contributed by atoms with Gasteiger partial charge in [0.2, 0.25) is 0 Å². The highest BCUT2D eigenvalue weighted by molar-refractivity contribution is 4.94. The lowest BCUT2D eigenvalue weighted by atomic mass is 10.2. The van der Waals surface area contributed by atoms with E-state index in [2.05, 4.69) is 29.6 Å². The van der Waals surface area contributed by atoms with Crippen LogP contribution in [0.2, 0.25) is 0 Å². The third kappa shape index (κ3) is 2.36. The highest BCUT2D eigenvalue weighted by atomic mass is 15.1. The van der Waals surface area contributed by atoms with Crippen molar-refractivity contribution in [1.29, 1.82) is 0 Å². The van der Waals surface area contributed by atoms with Gasteiger partial charge in [-0.15, -0.1) is 0 Å². The lowest BCUT2D eigenvalue weighted by Gasteiger charge is -2.11. The molecule has 0 amide bonds. The van der Waals surface area contributed by atoms with Crippen LogP contribution in [0.25, 0.3) is 0 Å². The molecule has 0 N–H and O–H groups in total. The predicted octanol–water partition coefficient (Wildman–Crippen LogP) is 2.64. The average molecular weight is 166 g/mol. The minimum atomic E-state index is 1.17. The molecule has 1 aliphatic rings. The fraction of sp³-hybridized carbons (Fsp3) is 0.700. The molecule has 0 unspecified atom stereocenters. The summed E-state index contributed by atoms with van der Waals surface area (Å²) in [6.45, 7) is 5.43. The van der Waals surface area contributed by atoms with E-state index in [1.165, 1.54) is 38.1 Å². The van der Waals surface area contributed by atoms with Gasteiger partial charge in [0.15, 0.2) is 0 Å². The first kappa shape index (κ1) is 9.30. The number of nitrogens with zero attached hydrogens (tertiary/aromatic N) is 2. The maximum Gasteiger partial charge on any atom is 0.108 e. The quantitative estimate of drug-likeness (QED) is 0.579. The first-order valence-electron chi connectivity index (χ1n) is 4.88. The van der Waals surface area contributed by atoms with E-state index in [9.17, 15) is 0 Å². The van der Waals surface area contributed by atoms with Gasteiger partial charge in [0, 0.05) is 25.4 Å². The maximum absolute atomic E-state index is 4.22. The smallest absolute Gasteiger partial charge is 0.108 e. The standard InChI is InChI=1S/C7H10N2.C3H8/c1-2-5-9-6-4-8-7(9)3-1;1-3-2/h4,6H,1-3,5H2;3H2,1-2H3. The van der Waals surface area contributed by atoms with Crippen molar-refractivity contribution in [3.05, 3.63) is 18.2 Å². The van der Waals surface area contributed by atoms with Crippen molar-refractivity contribution in [2.75, 3.05) is 0 Å². The van der Waals surface area contributed by atoms with Crippen LogP contribution in [0.1, 0.15) is 38.9 Å². The summed E-state index contributed by atoms with van der Waals surface area (Å²) in [7, 11) is 0. The molecule has 0 radical (unpaired) electrons. The molecule has 68 valence electrons. The van der Waals surface area contributed by atoms with Gasteiger partial charge in [-0.25, -0.2) is 4.98 Å². The second-order valence-corrected chi connectivity index (χ2v) is 3.20. The van der Waals surface area contributed by atoms with Gasteiger partial charge >= 0.3 is 0 Å². The summed E-state index contributed by atoms with van der Waals surface area (Å²) in [4.78, 5) is 4.22. The molecule has 2 heteroatoms. The zero-order valence-electron chi connectivity index (χ0n) is 8.08. The molecule has 0 spiro atoms. The molecule has 0 saturated heterocycles. The Morgan fingerprint density at radius 1 is 1.42 bits per heavy atom. The van der Waals surface area contributed by atoms with E-state index < -0.39 is 0 Å². The fourth-order valence-corrected chi connectivity index (χ4v) is 1.34. The summed E-state index contributed by atoms with van der Waals surface area (Å²) in [6.07, 6.45) is 9.02. The SMILES string of the molecule is CCC.c1cn2c(n1)CCCC2. The summed E-state index contributed by atoms with van der Waals surface area (Å²) < 4.78 is 2.24. The predicted molar refractivity (Wildman–Crippen MR) is 51.1 cm³/mol. The van der Waals surface area contributed by atoms with E-state index in [1.54, 1.807) is 0 Å². The summed E-state index contributed by atoms with van der Waals surface area (Å²) in [5.41, 5.74) is 0. The molecule has 0 saturated carbocycles. The van der Waals surface area contributed by atoms with Crippen LogP contribution in [-0.4, -0.2) is 9.55 Å². The van der Waals surface area contributed by atoms with Crippen LogP contribution in [0, 0.1) is 0 Å². The van der Waals surface area contributed by atoms with Crippen molar-refractivity contribution in [2.45, 2.75) is 46.1 Å². The average Bonchev–Trinajstić information content (AvgIpc) is 2.52. The first-order valence-corrected chi connectivity index (χ1v) is 4.88. The van der Waals surface area contributed by atoms with Crippen LogP contribution in [-0.2, 0) is 13.0 Å². The van der Waals surface area contributed by atoms with Crippen molar-refractivity contribution in [3.63, 3.8) is 0 Å². The van der Waals surface area contributed by atoms with E-state index in [-0.39, 0.29) is 0 Å². The van der Waals surface area contributed by atoms with Crippen molar-refractivity contribution in [3.8, 4) is 0 Å². The molecule has 12 heavy (non-hydrogen) atoms. The van der Waals surface area contributed by atoms with Gasteiger partial charge < -0.3 is 4.57 Å². The molecule has 0 aliphatic carbocycles. The van der Waals surface area contributed by atoms with Crippen molar-refractivity contribution in [2.24, 2.45) is 0 Å². The van der Waals surface area contributed by atoms with Gasteiger partial charge in [0.25, 0.3) is 0 Å². The number of hydrogen-bond acceptors (Lipinski definition) is 1. The molecule has 0 bridgehead atoms. The molecule has 0 aromatic carbocycles. The van der Waals surface area contributed by atoms with E-state index in [4.69, 9.17) is 0 Å². The molecule has 1 aromatic rings. The first-order chi connectivity index (χ1) is 5.88. The molecule has 1 aliphatic heterocycles. The summed E-state index contributed by atoms with van der Waals surface area (Å²) in [5.74, 6) is 1.27. The van der Waals surface area contributed by atoms with E-state index in [0.29, 0.717) is 0 Å². The summed E-state index contributed by atoms with van der Waals surface area (Å²) in [5, 5.41) is 0. The minimum absolute atomic E-state index is 1.17. The van der Waals surface area contributed by atoms with Gasteiger partial charge in [0.05, 0.1) is 0 Å². The Hall–Kier alpha value is -0.790. The molecule has 2 heterocycles.